The zero-order chi connectivity index (χ0) is 10.4. The van der Waals surface area contributed by atoms with E-state index < -0.39 is 10.1 Å². The lowest BCUT2D eigenvalue weighted by atomic mass is 9.89. The molecule has 4 heteroatoms. The highest BCUT2D eigenvalue weighted by molar-refractivity contribution is 7.85. The smallest absolute Gasteiger partial charge is 0.265 e. The van der Waals surface area contributed by atoms with Gasteiger partial charge in [0.25, 0.3) is 10.1 Å². The van der Waals surface area contributed by atoms with Gasteiger partial charge in [0, 0.05) is 0 Å². The van der Waals surface area contributed by atoms with Gasteiger partial charge in [0.05, 0.1) is 5.75 Å². The number of hydrogen-bond acceptors (Lipinski definition) is 2. The van der Waals surface area contributed by atoms with Crippen LogP contribution in [0.2, 0.25) is 0 Å². The van der Waals surface area contributed by atoms with Crippen molar-refractivity contribution in [3.05, 3.63) is 12.2 Å². The Morgan fingerprint density at radius 2 is 1.86 bits per heavy atom. The molecule has 3 nitrogen and oxygen atoms in total. The Balaban J connectivity index is 2.19. The Labute approximate surface area is 86.0 Å². The number of hydrogen-bond donors (Lipinski definition) is 1. The molecular formula is C10H18O3S. The Morgan fingerprint density at radius 3 is 2.43 bits per heavy atom. The van der Waals surface area contributed by atoms with Crippen LogP contribution in [-0.4, -0.2) is 18.7 Å². The van der Waals surface area contributed by atoms with E-state index in [1.807, 2.05) is 6.08 Å². The standard InChI is InChI=1S/C10H18O3S/c11-14(12,13)9-5-4-8-10-6-2-1-3-7-10/h4,8,10H,1-3,5-7,9H2,(H,11,12,13)/b8-4+. The average Bonchev–Trinajstić information content (AvgIpc) is 2.13. The van der Waals surface area contributed by atoms with Crippen LogP contribution in [0.3, 0.4) is 0 Å². The Kier molecular flexibility index (Phi) is 4.62. The quantitative estimate of drug-likeness (QED) is 0.582. The van der Waals surface area contributed by atoms with Gasteiger partial charge in [-0.1, -0.05) is 31.4 Å². The third-order valence-corrected chi connectivity index (χ3v) is 3.35. The van der Waals surface area contributed by atoms with Gasteiger partial charge in [-0.25, -0.2) is 0 Å². The van der Waals surface area contributed by atoms with Gasteiger partial charge in [0.15, 0.2) is 0 Å². The summed E-state index contributed by atoms with van der Waals surface area (Å²) in [5.41, 5.74) is 0. The molecular weight excluding hydrogens is 200 g/mol. The molecule has 1 aliphatic rings. The summed E-state index contributed by atoms with van der Waals surface area (Å²) in [7, 11) is -3.78. The van der Waals surface area contributed by atoms with Crippen LogP contribution in [0.4, 0.5) is 0 Å². The van der Waals surface area contributed by atoms with E-state index in [9.17, 15) is 8.42 Å². The first kappa shape index (κ1) is 11.7. The van der Waals surface area contributed by atoms with Crippen LogP contribution >= 0.6 is 0 Å². The maximum Gasteiger partial charge on any atom is 0.265 e. The summed E-state index contributed by atoms with van der Waals surface area (Å²) in [4.78, 5) is 0. The van der Waals surface area contributed by atoms with Gasteiger partial charge < -0.3 is 0 Å². The molecule has 0 aliphatic heterocycles. The summed E-state index contributed by atoms with van der Waals surface area (Å²) in [5, 5.41) is 0. The predicted octanol–water partition coefficient (Wildman–Crippen LogP) is 2.40. The molecule has 1 rings (SSSR count). The monoisotopic (exact) mass is 218 g/mol. The molecule has 0 unspecified atom stereocenters. The zero-order valence-electron chi connectivity index (χ0n) is 8.35. The van der Waals surface area contributed by atoms with Crippen molar-refractivity contribution in [3.8, 4) is 0 Å². The van der Waals surface area contributed by atoms with Gasteiger partial charge in [-0.15, -0.1) is 0 Å². The minimum absolute atomic E-state index is 0.157. The summed E-state index contributed by atoms with van der Waals surface area (Å²) in [6, 6.07) is 0. The Bertz CT molecular complexity index is 274. The maximum absolute atomic E-state index is 10.4. The molecule has 0 saturated heterocycles. The van der Waals surface area contributed by atoms with Crippen LogP contribution in [0.15, 0.2) is 12.2 Å². The molecule has 0 aromatic rings. The normalized spacial score (nSPS) is 20.4. The van der Waals surface area contributed by atoms with Crippen molar-refractivity contribution >= 4 is 10.1 Å². The maximum atomic E-state index is 10.4. The van der Waals surface area contributed by atoms with E-state index in [1.54, 1.807) is 0 Å². The first-order valence-corrected chi connectivity index (χ1v) is 6.81. The molecule has 0 atom stereocenters. The van der Waals surface area contributed by atoms with Gasteiger partial charge in [0.2, 0.25) is 0 Å². The van der Waals surface area contributed by atoms with Crippen LogP contribution < -0.4 is 0 Å². The van der Waals surface area contributed by atoms with Crippen LogP contribution in [-0.2, 0) is 10.1 Å². The van der Waals surface area contributed by atoms with Crippen molar-refractivity contribution < 1.29 is 13.0 Å². The molecule has 82 valence electrons. The van der Waals surface area contributed by atoms with Crippen LogP contribution in [0, 0.1) is 5.92 Å². The van der Waals surface area contributed by atoms with E-state index >= 15 is 0 Å². The predicted molar refractivity (Wildman–Crippen MR) is 56.7 cm³/mol. The lowest BCUT2D eigenvalue weighted by Gasteiger charge is -2.17. The fourth-order valence-electron chi connectivity index (χ4n) is 1.83. The SMILES string of the molecule is O=S(=O)(O)CC/C=C/C1CCCCC1. The highest BCUT2D eigenvalue weighted by Gasteiger charge is 2.09. The lowest BCUT2D eigenvalue weighted by molar-refractivity contribution is 0.419. The van der Waals surface area contributed by atoms with Gasteiger partial charge in [0.1, 0.15) is 0 Å². The van der Waals surface area contributed by atoms with Gasteiger partial charge >= 0.3 is 0 Å². The van der Waals surface area contributed by atoms with Crippen LogP contribution in [0.1, 0.15) is 38.5 Å². The minimum atomic E-state index is -3.78. The molecule has 0 aromatic heterocycles. The van der Waals surface area contributed by atoms with E-state index in [2.05, 4.69) is 6.08 Å². The van der Waals surface area contributed by atoms with E-state index in [4.69, 9.17) is 4.55 Å². The van der Waals surface area contributed by atoms with Gasteiger partial charge in [-0.05, 0) is 25.2 Å². The third-order valence-electron chi connectivity index (χ3n) is 2.60. The van der Waals surface area contributed by atoms with E-state index in [0.717, 1.165) is 0 Å². The first-order valence-electron chi connectivity index (χ1n) is 5.20. The van der Waals surface area contributed by atoms with Crippen molar-refractivity contribution in [2.75, 3.05) is 5.75 Å². The first-order chi connectivity index (χ1) is 6.58. The van der Waals surface area contributed by atoms with E-state index in [0.29, 0.717) is 12.3 Å². The molecule has 0 heterocycles. The fraction of sp³-hybridized carbons (Fsp3) is 0.800. The molecule has 1 aliphatic carbocycles. The Hall–Kier alpha value is -0.350. The molecule has 1 saturated carbocycles. The van der Waals surface area contributed by atoms with Crippen molar-refractivity contribution in [2.24, 2.45) is 5.92 Å². The van der Waals surface area contributed by atoms with Gasteiger partial charge in [-0.3, -0.25) is 4.55 Å². The number of allylic oxidation sites excluding steroid dienone is 2. The molecule has 0 spiro atoms. The topological polar surface area (TPSA) is 54.4 Å². The van der Waals surface area contributed by atoms with Crippen LogP contribution in [0.5, 0.6) is 0 Å². The zero-order valence-corrected chi connectivity index (χ0v) is 9.17. The Morgan fingerprint density at radius 1 is 1.21 bits per heavy atom. The second-order valence-electron chi connectivity index (χ2n) is 3.90. The second kappa shape index (κ2) is 5.51. The summed E-state index contributed by atoms with van der Waals surface area (Å²) in [6.07, 6.45) is 10.8. The van der Waals surface area contributed by atoms with Crippen LogP contribution in [0.25, 0.3) is 0 Å². The largest absolute Gasteiger partial charge is 0.286 e. The van der Waals surface area contributed by atoms with Gasteiger partial charge in [-0.2, -0.15) is 8.42 Å². The van der Waals surface area contributed by atoms with Crippen molar-refractivity contribution in [1.29, 1.82) is 0 Å². The molecule has 1 fully saturated rings. The second-order valence-corrected chi connectivity index (χ2v) is 5.47. The van der Waals surface area contributed by atoms with Crippen molar-refractivity contribution in [3.63, 3.8) is 0 Å². The van der Waals surface area contributed by atoms with Crippen molar-refractivity contribution in [1.82, 2.24) is 0 Å². The highest BCUT2D eigenvalue weighted by atomic mass is 32.2. The van der Waals surface area contributed by atoms with E-state index in [1.165, 1.54) is 32.1 Å². The highest BCUT2D eigenvalue weighted by Crippen LogP contribution is 2.24. The molecule has 0 aromatic carbocycles. The average molecular weight is 218 g/mol. The molecule has 0 radical (unpaired) electrons. The summed E-state index contributed by atoms with van der Waals surface area (Å²) in [6.45, 7) is 0. The van der Waals surface area contributed by atoms with E-state index in [-0.39, 0.29) is 5.75 Å². The number of rotatable bonds is 4. The molecule has 1 N–H and O–H groups in total. The molecule has 14 heavy (non-hydrogen) atoms. The minimum Gasteiger partial charge on any atom is -0.286 e. The fourth-order valence-corrected chi connectivity index (χ4v) is 2.27. The molecule has 0 amide bonds. The van der Waals surface area contributed by atoms with Crippen molar-refractivity contribution in [2.45, 2.75) is 38.5 Å². The summed E-state index contributed by atoms with van der Waals surface area (Å²) in [5.74, 6) is 0.473. The molecule has 0 bridgehead atoms. The third kappa shape index (κ3) is 5.40. The summed E-state index contributed by atoms with van der Waals surface area (Å²) >= 11 is 0. The summed E-state index contributed by atoms with van der Waals surface area (Å²) < 4.78 is 29.3. The lowest BCUT2D eigenvalue weighted by Crippen LogP contribution is -2.04.